The third kappa shape index (κ3) is 5.20. The van der Waals surface area contributed by atoms with Crippen molar-refractivity contribution >= 4 is 0 Å². The summed E-state index contributed by atoms with van der Waals surface area (Å²) in [6.45, 7) is 14.6. The van der Waals surface area contributed by atoms with E-state index in [2.05, 4.69) is 69.7 Å². The molecule has 0 saturated carbocycles. The van der Waals surface area contributed by atoms with Gasteiger partial charge in [0.15, 0.2) is 0 Å². The minimum Gasteiger partial charge on any atom is -0.494 e. The van der Waals surface area contributed by atoms with Crippen molar-refractivity contribution in [3.05, 3.63) is 81.5 Å². The molecule has 0 spiro atoms. The zero-order chi connectivity index (χ0) is 20.7. The summed E-state index contributed by atoms with van der Waals surface area (Å²) in [5.74, 6) is 3.59. The highest BCUT2D eigenvalue weighted by Gasteiger charge is 2.26. The average molecular weight is 376 g/mol. The molecule has 0 unspecified atom stereocenters. The third-order valence-electron chi connectivity index (χ3n) is 5.12. The summed E-state index contributed by atoms with van der Waals surface area (Å²) in [6.07, 6.45) is 19.5. The smallest absolute Gasteiger partial charge is 0.125 e. The maximum absolute atomic E-state index is 6.08. The molecular weight excluding hydrogens is 342 g/mol. The standard InChI is InChI=1S/C26H33NO/c1-8-10-11-13-20(4)17-24-23(7)27(18-22(6)26(24)28-9-2)25-15-12-14-19(3)16-21(25)5/h1,10-15H,9,16-18H2,2-7H3. The molecule has 2 aliphatic rings. The molecule has 1 heterocycles. The Bertz CT molecular complexity index is 863. The molecule has 148 valence electrons. The molecule has 0 aromatic rings. The number of terminal acetylenes is 1. The van der Waals surface area contributed by atoms with Crippen molar-refractivity contribution < 1.29 is 4.74 Å². The fourth-order valence-electron chi connectivity index (χ4n) is 3.78. The molecule has 0 fully saturated rings. The van der Waals surface area contributed by atoms with Crippen LogP contribution in [0.5, 0.6) is 0 Å². The van der Waals surface area contributed by atoms with E-state index in [1.165, 1.54) is 39.3 Å². The number of rotatable bonds is 6. The molecule has 0 aromatic heterocycles. The van der Waals surface area contributed by atoms with Gasteiger partial charge in [-0.25, -0.2) is 0 Å². The Labute approximate surface area is 171 Å². The van der Waals surface area contributed by atoms with Crippen molar-refractivity contribution in [1.29, 1.82) is 0 Å². The van der Waals surface area contributed by atoms with Gasteiger partial charge < -0.3 is 9.64 Å². The second kappa shape index (κ2) is 10.0. The van der Waals surface area contributed by atoms with E-state index < -0.39 is 0 Å². The molecule has 2 heteroatoms. The number of hydrogen-bond donors (Lipinski definition) is 0. The lowest BCUT2D eigenvalue weighted by molar-refractivity contribution is 0.223. The lowest BCUT2D eigenvalue weighted by atomic mass is 9.94. The Hall–Kier alpha value is -2.66. The first-order chi connectivity index (χ1) is 13.4. The lowest BCUT2D eigenvalue weighted by Gasteiger charge is -2.36. The molecule has 0 bridgehead atoms. The predicted octanol–water partition coefficient (Wildman–Crippen LogP) is 6.59. The Morgan fingerprint density at radius 1 is 1.25 bits per heavy atom. The molecule has 0 saturated heterocycles. The summed E-state index contributed by atoms with van der Waals surface area (Å²) in [5.41, 5.74) is 9.15. The molecule has 0 atom stereocenters. The van der Waals surface area contributed by atoms with Crippen LogP contribution in [0.25, 0.3) is 0 Å². The molecule has 0 N–H and O–H groups in total. The Balaban J connectivity index is 2.47. The molecule has 1 aliphatic carbocycles. The van der Waals surface area contributed by atoms with Crippen LogP contribution in [0.3, 0.4) is 0 Å². The Kier molecular flexibility index (Phi) is 7.76. The van der Waals surface area contributed by atoms with Gasteiger partial charge in [-0.05, 0) is 77.7 Å². The van der Waals surface area contributed by atoms with Gasteiger partial charge in [0.2, 0.25) is 0 Å². The number of ether oxygens (including phenoxy) is 1. The van der Waals surface area contributed by atoms with E-state index in [0.717, 1.165) is 25.1 Å². The van der Waals surface area contributed by atoms with Crippen LogP contribution in [0.1, 0.15) is 54.4 Å². The molecule has 2 rings (SSSR count). The van der Waals surface area contributed by atoms with Gasteiger partial charge in [0.05, 0.1) is 6.61 Å². The Morgan fingerprint density at radius 2 is 2.00 bits per heavy atom. The van der Waals surface area contributed by atoms with E-state index in [0.29, 0.717) is 6.61 Å². The molecule has 0 radical (unpaired) electrons. The van der Waals surface area contributed by atoms with Crippen LogP contribution in [-0.2, 0) is 4.74 Å². The van der Waals surface area contributed by atoms with Gasteiger partial charge in [0.1, 0.15) is 5.76 Å². The fourth-order valence-corrected chi connectivity index (χ4v) is 3.78. The first-order valence-corrected chi connectivity index (χ1v) is 10.0. The van der Waals surface area contributed by atoms with Crippen LogP contribution in [0, 0.1) is 12.3 Å². The van der Waals surface area contributed by atoms with Crippen LogP contribution in [-0.4, -0.2) is 18.1 Å². The second-order valence-corrected chi connectivity index (χ2v) is 7.62. The highest BCUT2D eigenvalue weighted by Crippen LogP contribution is 2.36. The van der Waals surface area contributed by atoms with Gasteiger partial charge >= 0.3 is 0 Å². The van der Waals surface area contributed by atoms with E-state index in [1.54, 1.807) is 6.08 Å². The summed E-state index contributed by atoms with van der Waals surface area (Å²) in [6, 6.07) is 0. The van der Waals surface area contributed by atoms with Crippen LogP contribution in [0.2, 0.25) is 0 Å². The highest BCUT2D eigenvalue weighted by atomic mass is 16.5. The van der Waals surface area contributed by atoms with Gasteiger partial charge in [0.25, 0.3) is 0 Å². The van der Waals surface area contributed by atoms with E-state index in [4.69, 9.17) is 11.2 Å². The zero-order valence-electron chi connectivity index (χ0n) is 18.2. The maximum atomic E-state index is 6.08. The minimum atomic E-state index is 0.675. The summed E-state index contributed by atoms with van der Waals surface area (Å²) in [4.78, 5) is 2.44. The summed E-state index contributed by atoms with van der Waals surface area (Å²) in [5, 5.41) is 0. The summed E-state index contributed by atoms with van der Waals surface area (Å²) in [7, 11) is 0. The fraction of sp³-hybridized carbons (Fsp3) is 0.385. The van der Waals surface area contributed by atoms with Crippen LogP contribution in [0.15, 0.2) is 81.5 Å². The van der Waals surface area contributed by atoms with Crippen molar-refractivity contribution in [1.82, 2.24) is 4.90 Å². The van der Waals surface area contributed by atoms with Gasteiger partial charge in [-0.3, -0.25) is 0 Å². The van der Waals surface area contributed by atoms with Gasteiger partial charge in [-0.15, -0.1) is 6.42 Å². The van der Waals surface area contributed by atoms with E-state index in [1.807, 2.05) is 13.0 Å². The molecule has 1 aliphatic heterocycles. The average Bonchev–Trinajstić information content (AvgIpc) is 2.81. The third-order valence-corrected chi connectivity index (χ3v) is 5.12. The minimum absolute atomic E-state index is 0.675. The molecule has 0 amide bonds. The normalized spacial score (nSPS) is 18.7. The van der Waals surface area contributed by atoms with Crippen LogP contribution in [0.4, 0.5) is 0 Å². The largest absolute Gasteiger partial charge is 0.494 e. The van der Waals surface area contributed by atoms with Gasteiger partial charge in [-0.2, -0.15) is 0 Å². The number of allylic oxidation sites excluding steroid dienone is 11. The van der Waals surface area contributed by atoms with Crippen molar-refractivity contribution in [3.8, 4) is 12.3 Å². The molecule has 2 nitrogen and oxygen atoms in total. The highest BCUT2D eigenvalue weighted by molar-refractivity contribution is 5.45. The maximum Gasteiger partial charge on any atom is 0.125 e. The van der Waals surface area contributed by atoms with E-state index in [-0.39, 0.29) is 0 Å². The van der Waals surface area contributed by atoms with Crippen molar-refractivity contribution in [2.75, 3.05) is 13.2 Å². The topological polar surface area (TPSA) is 12.5 Å². The number of nitrogens with zero attached hydrogens (tertiary/aromatic N) is 1. The summed E-state index contributed by atoms with van der Waals surface area (Å²) >= 11 is 0. The first kappa shape index (κ1) is 21.6. The quantitative estimate of drug-likeness (QED) is 0.383. The first-order valence-electron chi connectivity index (χ1n) is 10.0. The monoisotopic (exact) mass is 375 g/mol. The van der Waals surface area contributed by atoms with Gasteiger partial charge in [0, 0.05) is 23.5 Å². The number of hydrogen-bond acceptors (Lipinski definition) is 2. The molecule has 28 heavy (non-hydrogen) atoms. The Morgan fingerprint density at radius 3 is 2.68 bits per heavy atom. The second-order valence-electron chi connectivity index (χ2n) is 7.62. The van der Waals surface area contributed by atoms with Crippen LogP contribution >= 0.6 is 0 Å². The zero-order valence-corrected chi connectivity index (χ0v) is 18.2. The lowest BCUT2D eigenvalue weighted by Crippen LogP contribution is -2.29. The molecule has 0 aromatic carbocycles. The SMILES string of the molecule is C#CC=CC=C(C)CC1=C(C)N(C2=C(C)CC(C)=CC=C2)CC(C)=C1OCC. The van der Waals surface area contributed by atoms with Crippen molar-refractivity contribution in [2.45, 2.75) is 54.4 Å². The molecular formula is C26H33NO. The van der Waals surface area contributed by atoms with Crippen molar-refractivity contribution in [3.63, 3.8) is 0 Å². The van der Waals surface area contributed by atoms with Gasteiger partial charge in [-0.1, -0.05) is 41.4 Å². The van der Waals surface area contributed by atoms with E-state index >= 15 is 0 Å². The van der Waals surface area contributed by atoms with E-state index in [9.17, 15) is 0 Å². The predicted molar refractivity (Wildman–Crippen MR) is 120 cm³/mol. The van der Waals surface area contributed by atoms with Crippen molar-refractivity contribution in [2.24, 2.45) is 0 Å². The summed E-state index contributed by atoms with van der Waals surface area (Å²) < 4.78 is 6.08. The van der Waals surface area contributed by atoms with Crippen LogP contribution < -0.4 is 0 Å².